The van der Waals surface area contributed by atoms with E-state index in [1.807, 2.05) is 0 Å². The van der Waals surface area contributed by atoms with E-state index in [2.05, 4.69) is 37.6 Å². The van der Waals surface area contributed by atoms with E-state index in [9.17, 15) is 0 Å². The molecule has 3 heteroatoms. The lowest BCUT2D eigenvalue weighted by molar-refractivity contribution is 0.0134. The summed E-state index contributed by atoms with van der Waals surface area (Å²) in [6.07, 6.45) is 2.56. The van der Waals surface area contributed by atoms with Crippen LogP contribution in [0.2, 0.25) is 0 Å². The molecule has 1 aliphatic carbocycles. The third-order valence-corrected chi connectivity index (χ3v) is 4.16. The Morgan fingerprint density at radius 2 is 2.00 bits per heavy atom. The van der Waals surface area contributed by atoms with Crippen molar-refractivity contribution in [3.8, 4) is 0 Å². The average molecular weight is 223 g/mol. The normalized spacial score (nSPS) is 33.8. The monoisotopic (exact) mass is 223 g/mol. The molecule has 0 aromatic rings. The molecular weight excluding hydrogens is 198 g/mol. The fraction of sp³-hybridized carbons (Fsp3) is 0.923. The van der Waals surface area contributed by atoms with Gasteiger partial charge in [-0.15, -0.1) is 0 Å². The Morgan fingerprint density at radius 3 is 2.50 bits per heavy atom. The summed E-state index contributed by atoms with van der Waals surface area (Å²) in [4.78, 5) is 6.83. The fourth-order valence-electron chi connectivity index (χ4n) is 3.03. The topological polar surface area (TPSA) is 41.6 Å². The van der Waals surface area contributed by atoms with Crippen molar-refractivity contribution in [1.82, 2.24) is 4.90 Å². The predicted octanol–water partition coefficient (Wildman–Crippen LogP) is 2.08. The third-order valence-electron chi connectivity index (χ3n) is 4.16. The molecular formula is C13H25N3. The van der Waals surface area contributed by atoms with E-state index in [0.717, 1.165) is 30.9 Å². The van der Waals surface area contributed by atoms with E-state index in [4.69, 9.17) is 5.73 Å². The van der Waals surface area contributed by atoms with Crippen molar-refractivity contribution in [2.45, 2.75) is 46.1 Å². The summed E-state index contributed by atoms with van der Waals surface area (Å²) in [5.74, 6) is 3.10. The number of nitrogens with two attached hydrogens (primary N) is 1. The molecule has 0 saturated heterocycles. The van der Waals surface area contributed by atoms with Gasteiger partial charge < -0.3 is 10.6 Å². The summed E-state index contributed by atoms with van der Waals surface area (Å²) in [5.41, 5.74) is 6.30. The van der Waals surface area contributed by atoms with Gasteiger partial charge >= 0.3 is 0 Å². The standard InChI is InChI=1S/C13H25N3/c1-9(2)7-16-12(14)15-8-13(16)5-11(6-13)10(3)4/h9-11H,5-8H2,1-4H3,(H2,14,15). The number of hydrogen-bond acceptors (Lipinski definition) is 3. The van der Waals surface area contributed by atoms with Crippen molar-refractivity contribution in [3.05, 3.63) is 0 Å². The van der Waals surface area contributed by atoms with Gasteiger partial charge in [0.05, 0.1) is 12.1 Å². The van der Waals surface area contributed by atoms with Crippen molar-refractivity contribution in [1.29, 1.82) is 0 Å². The minimum absolute atomic E-state index is 0.295. The van der Waals surface area contributed by atoms with Crippen LogP contribution in [-0.4, -0.2) is 29.5 Å². The Labute approximate surface area is 99.1 Å². The highest BCUT2D eigenvalue weighted by atomic mass is 15.4. The molecule has 1 saturated carbocycles. The molecule has 16 heavy (non-hydrogen) atoms. The van der Waals surface area contributed by atoms with Crippen LogP contribution in [-0.2, 0) is 0 Å². The average Bonchev–Trinajstić information content (AvgIpc) is 2.41. The van der Waals surface area contributed by atoms with Crippen LogP contribution in [0.4, 0.5) is 0 Å². The number of hydrogen-bond donors (Lipinski definition) is 1. The zero-order chi connectivity index (χ0) is 11.9. The minimum atomic E-state index is 0.295. The molecule has 92 valence electrons. The second-order valence-electron chi connectivity index (χ2n) is 6.32. The molecule has 1 aliphatic heterocycles. The molecule has 0 radical (unpaired) electrons. The SMILES string of the molecule is CC(C)CN1C(N)=NCC12CC(C(C)C)C2. The summed E-state index contributed by atoms with van der Waals surface area (Å²) >= 11 is 0. The highest BCUT2D eigenvalue weighted by Crippen LogP contribution is 2.48. The van der Waals surface area contributed by atoms with Crippen LogP contribution in [0.15, 0.2) is 4.99 Å². The molecule has 1 fully saturated rings. The zero-order valence-corrected chi connectivity index (χ0v) is 11.0. The van der Waals surface area contributed by atoms with Crippen molar-refractivity contribution in [2.24, 2.45) is 28.5 Å². The summed E-state index contributed by atoms with van der Waals surface area (Å²) in [6, 6.07) is 0. The highest BCUT2D eigenvalue weighted by Gasteiger charge is 2.52. The minimum Gasteiger partial charge on any atom is -0.370 e. The molecule has 0 atom stereocenters. The Hall–Kier alpha value is -0.730. The lowest BCUT2D eigenvalue weighted by Crippen LogP contribution is -2.60. The van der Waals surface area contributed by atoms with Crippen molar-refractivity contribution < 1.29 is 0 Å². The zero-order valence-electron chi connectivity index (χ0n) is 11.0. The molecule has 2 aliphatic rings. The predicted molar refractivity (Wildman–Crippen MR) is 68.3 cm³/mol. The Morgan fingerprint density at radius 1 is 1.38 bits per heavy atom. The quantitative estimate of drug-likeness (QED) is 0.796. The third kappa shape index (κ3) is 1.80. The largest absolute Gasteiger partial charge is 0.370 e. The van der Waals surface area contributed by atoms with Crippen LogP contribution in [0.3, 0.4) is 0 Å². The first kappa shape index (κ1) is 11.7. The molecule has 0 unspecified atom stereocenters. The first-order chi connectivity index (χ1) is 7.44. The van der Waals surface area contributed by atoms with E-state index in [0.29, 0.717) is 11.5 Å². The molecule has 2 rings (SSSR count). The summed E-state index contributed by atoms with van der Waals surface area (Å²) in [6.45, 7) is 11.1. The molecule has 0 aromatic carbocycles. The first-order valence-corrected chi connectivity index (χ1v) is 6.52. The van der Waals surface area contributed by atoms with Gasteiger partial charge in [-0.05, 0) is 30.6 Å². The van der Waals surface area contributed by atoms with Crippen molar-refractivity contribution >= 4 is 5.96 Å². The second kappa shape index (κ2) is 3.94. The van der Waals surface area contributed by atoms with Gasteiger partial charge in [-0.3, -0.25) is 4.99 Å². The van der Waals surface area contributed by atoms with Crippen LogP contribution < -0.4 is 5.73 Å². The Balaban J connectivity index is 2.02. The number of rotatable bonds is 3. The summed E-state index contributed by atoms with van der Waals surface area (Å²) < 4.78 is 0. The van der Waals surface area contributed by atoms with E-state index in [-0.39, 0.29) is 0 Å². The van der Waals surface area contributed by atoms with Gasteiger partial charge in [0.15, 0.2) is 5.96 Å². The van der Waals surface area contributed by atoms with Gasteiger partial charge in [-0.2, -0.15) is 0 Å². The maximum Gasteiger partial charge on any atom is 0.191 e. The summed E-state index contributed by atoms with van der Waals surface area (Å²) in [7, 11) is 0. The van der Waals surface area contributed by atoms with Crippen LogP contribution in [0, 0.1) is 17.8 Å². The van der Waals surface area contributed by atoms with Gasteiger partial charge in [-0.25, -0.2) is 0 Å². The van der Waals surface area contributed by atoms with E-state index < -0.39 is 0 Å². The molecule has 0 aromatic heterocycles. The number of nitrogens with zero attached hydrogens (tertiary/aromatic N) is 2. The van der Waals surface area contributed by atoms with Crippen molar-refractivity contribution in [2.75, 3.05) is 13.1 Å². The van der Waals surface area contributed by atoms with Gasteiger partial charge in [0, 0.05) is 6.54 Å². The molecule has 1 heterocycles. The molecule has 0 amide bonds. The second-order valence-corrected chi connectivity index (χ2v) is 6.32. The van der Waals surface area contributed by atoms with Gasteiger partial charge in [0.25, 0.3) is 0 Å². The first-order valence-electron chi connectivity index (χ1n) is 6.52. The maximum atomic E-state index is 6.01. The molecule has 3 nitrogen and oxygen atoms in total. The lowest BCUT2D eigenvalue weighted by Gasteiger charge is -2.52. The fourth-order valence-corrected chi connectivity index (χ4v) is 3.03. The summed E-state index contributed by atoms with van der Waals surface area (Å²) in [5, 5.41) is 0. The smallest absolute Gasteiger partial charge is 0.191 e. The Bertz CT molecular complexity index is 288. The maximum absolute atomic E-state index is 6.01. The van der Waals surface area contributed by atoms with E-state index >= 15 is 0 Å². The van der Waals surface area contributed by atoms with Crippen molar-refractivity contribution in [3.63, 3.8) is 0 Å². The number of aliphatic imine (C=N–C) groups is 1. The van der Waals surface area contributed by atoms with Crippen LogP contribution in [0.5, 0.6) is 0 Å². The van der Waals surface area contributed by atoms with Crippen LogP contribution >= 0.6 is 0 Å². The van der Waals surface area contributed by atoms with Gasteiger partial charge in [0.1, 0.15) is 0 Å². The number of guanidine groups is 1. The van der Waals surface area contributed by atoms with E-state index in [1.54, 1.807) is 0 Å². The van der Waals surface area contributed by atoms with Crippen LogP contribution in [0.25, 0.3) is 0 Å². The van der Waals surface area contributed by atoms with Gasteiger partial charge in [0.2, 0.25) is 0 Å². The lowest BCUT2D eigenvalue weighted by atomic mass is 9.63. The molecule has 0 bridgehead atoms. The Kier molecular flexibility index (Phi) is 2.89. The molecule has 2 N–H and O–H groups in total. The van der Waals surface area contributed by atoms with Crippen LogP contribution in [0.1, 0.15) is 40.5 Å². The highest BCUT2D eigenvalue weighted by molar-refractivity contribution is 5.81. The van der Waals surface area contributed by atoms with Gasteiger partial charge in [-0.1, -0.05) is 27.7 Å². The molecule has 1 spiro atoms. The van der Waals surface area contributed by atoms with E-state index in [1.165, 1.54) is 12.8 Å².